The highest BCUT2D eigenvalue weighted by Crippen LogP contribution is 2.13. The average Bonchev–Trinajstić information content (AvgIpc) is 2.16. The van der Waals surface area contributed by atoms with E-state index >= 15 is 0 Å². The van der Waals surface area contributed by atoms with E-state index in [2.05, 4.69) is 0 Å². The summed E-state index contributed by atoms with van der Waals surface area (Å²) in [6, 6.07) is 9.49. The highest BCUT2D eigenvalue weighted by Gasteiger charge is 2.15. The zero-order valence-electron chi connectivity index (χ0n) is 7.31. The van der Waals surface area contributed by atoms with Crippen molar-refractivity contribution < 1.29 is 14.4 Å². The molecule has 2 aromatic carbocycles. The van der Waals surface area contributed by atoms with Crippen LogP contribution in [0.1, 0.15) is 0 Å². The lowest BCUT2D eigenvalue weighted by Crippen LogP contribution is -2.30. The molecule has 0 aliphatic heterocycles. The van der Waals surface area contributed by atoms with Gasteiger partial charge in [-0.3, -0.25) is 0 Å². The maximum atomic E-state index is 13.0. The molecule has 2 rings (SSSR count). The molecule has 2 nitrogen and oxygen atoms in total. The van der Waals surface area contributed by atoms with Crippen LogP contribution in [-0.2, 0) is 0 Å². The third kappa shape index (κ3) is 1.50. The summed E-state index contributed by atoms with van der Waals surface area (Å²) in [6.07, 6.45) is 0. The van der Waals surface area contributed by atoms with Crippen molar-refractivity contribution in [2.75, 3.05) is 0 Å². The molecule has 4 heteroatoms. The van der Waals surface area contributed by atoms with E-state index in [1.165, 1.54) is 6.07 Å². The third-order valence-electron chi connectivity index (χ3n) is 2.14. The van der Waals surface area contributed by atoms with Crippen LogP contribution in [0.3, 0.4) is 0 Å². The van der Waals surface area contributed by atoms with E-state index in [-0.39, 0.29) is 5.46 Å². The molecule has 0 aliphatic carbocycles. The normalized spacial score (nSPS) is 10.5. The van der Waals surface area contributed by atoms with Crippen LogP contribution < -0.4 is 5.46 Å². The molecule has 0 saturated heterocycles. The van der Waals surface area contributed by atoms with Crippen LogP contribution in [0.2, 0.25) is 0 Å². The van der Waals surface area contributed by atoms with Crippen LogP contribution in [0, 0.1) is 5.82 Å². The summed E-state index contributed by atoms with van der Waals surface area (Å²) in [5.74, 6) is -0.466. The van der Waals surface area contributed by atoms with Crippen molar-refractivity contribution in [3.8, 4) is 0 Å². The Bertz CT molecular complexity index is 471. The van der Waals surface area contributed by atoms with E-state index in [9.17, 15) is 4.39 Å². The average molecular weight is 190 g/mol. The Kier molecular flexibility index (Phi) is 2.23. The molecule has 0 unspecified atom stereocenters. The molecule has 0 bridgehead atoms. The van der Waals surface area contributed by atoms with E-state index in [4.69, 9.17) is 10.0 Å². The smallest absolute Gasteiger partial charge is 0.423 e. The number of benzene rings is 2. The molecule has 0 saturated carbocycles. The van der Waals surface area contributed by atoms with E-state index in [1.807, 2.05) is 0 Å². The van der Waals surface area contributed by atoms with Crippen molar-refractivity contribution in [1.82, 2.24) is 0 Å². The summed E-state index contributed by atoms with van der Waals surface area (Å²) in [7, 11) is -1.64. The Balaban J connectivity index is 2.80. The van der Waals surface area contributed by atoms with Gasteiger partial charge in [-0.15, -0.1) is 0 Å². The van der Waals surface area contributed by atoms with Gasteiger partial charge in [0.25, 0.3) is 0 Å². The van der Waals surface area contributed by atoms with E-state index in [1.54, 1.807) is 24.3 Å². The predicted molar refractivity (Wildman–Crippen MR) is 53.7 cm³/mol. The maximum absolute atomic E-state index is 13.0. The molecular weight excluding hydrogens is 182 g/mol. The first-order chi connectivity index (χ1) is 6.68. The molecule has 0 aliphatic rings. The van der Waals surface area contributed by atoms with Gasteiger partial charge >= 0.3 is 7.12 Å². The van der Waals surface area contributed by atoms with Gasteiger partial charge in [-0.25, -0.2) is 4.39 Å². The number of hydrogen-bond donors (Lipinski definition) is 2. The van der Waals surface area contributed by atoms with Crippen LogP contribution in [0.25, 0.3) is 10.8 Å². The van der Waals surface area contributed by atoms with Crippen LogP contribution in [0.4, 0.5) is 4.39 Å². The second-order valence-electron chi connectivity index (χ2n) is 3.09. The van der Waals surface area contributed by atoms with Crippen molar-refractivity contribution in [2.24, 2.45) is 0 Å². The number of hydrogen-bond acceptors (Lipinski definition) is 2. The number of rotatable bonds is 1. The molecule has 0 fully saturated rings. The molecular formula is C10H8BFO2. The fourth-order valence-electron chi connectivity index (χ4n) is 1.52. The number of fused-ring (bicyclic) bond motifs is 1. The Morgan fingerprint density at radius 1 is 1.07 bits per heavy atom. The molecule has 0 radical (unpaired) electrons. The fraction of sp³-hybridized carbons (Fsp3) is 0. The Hall–Kier alpha value is -1.39. The molecule has 2 aromatic rings. The van der Waals surface area contributed by atoms with Crippen molar-refractivity contribution in [1.29, 1.82) is 0 Å². The number of halogens is 1. The quantitative estimate of drug-likeness (QED) is 0.648. The highest BCUT2D eigenvalue weighted by atomic mass is 19.1. The van der Waals surface area contributed by atoms with Gasteiger partial charge in [0.05, 0.1) is 0 Å². The zero-order valence-corrected chi connectivity index (χ0v) is 7.31. The Labute approximate surface area is 80.8 Å². The Morgan fingerprint density at radius 2 is 1.79 bits per heavy atom. The topological polar surface area (TPSA) is 40.5 Å². The van der Waals surface area contributed by atoms with Crippen molar-refractivity contribution in [3.05, 3.63) is 42.2 Å². The van der Waals surface area contributed by atoms with Crippen molar-refractivity contribution >= 4 is 23.4 Å². The minimum absolute atomic E-state index is 0.195. The minimum atomic E-state index is -1.64. The van der Waals surface area contributed by atoms with Crippen molar-refractivity contribution in [3.63, 3.8) is 0 Å². The van der Waals surface area contributed by atoms with Gasteiger partial charge in [-0.2, -0.15) is 0 Å². The van der Waals surface area contributed by atoms with Crippen LogP contribution in [-0.4, -0.2) is 17.2 Å². The largest absolute Gasteiger partial charge is 0.489 e. The summed E-state index contributed by atoms with van der Waals surface area (Å²) in [6.45, 7) is 0. The molecule has 14 heavy (non-hydrogen) atoms. The SMILES string of the molecule is OB(O)c1cc(F)cc2ccccc12. The second-order valence-corrected chi connectivity index (χ2v) is 3.09. The van der Waals surface area contributed by atoms with E-state index in [0.717, 1.165) is 6.07 Å². The van der Waals surface area contributed by atoms with Gasteiger partial charge in [0.1, 0.15) is 5.82 Å². The third-order valence-corrected chi connectivity index (χ3v) is 2.14. The lowest BCUT2D eigenvalue weighted by molar-refractivity contribution is 0.426. The van der Waals surface area contributed by atoms with Crippen LogP contribution in [0.15, 0.2) is 36.4 Å². The molecule has 0 spiro atoms. The van der Waals surface area contributed by atoms with Gasteiger partial charge < -0.3 is 10.0 Å². The summed E-state index contributed by atoms with van der Waals surface area (Å²) < 4.78 is 13.0. The minimum Gasteiger partial charge on any atom is -0.423 e. The Morgan fingerprint density at radius 3 is 2.50 bits per heavy atom. The molecule has 0 aromatic heterocycles. The molecule has 0 amide bonds. The molecule has 0 heterocycles. The molecule has 2 N–H and O–H groups in total. The first-order valence-electron chi connectivity index (χ1n) is 4.23. The first-order valence-corrected chi connectivity index (χ1v) is 4.23. The van der Waals surface area contributed by atoms with E-state index < -0.39 is 12.9 Å². The maximum Gasteiger partial charge on any atom is 0.489 e. The fourth-order valence-corrected chi connectivity index (χ4v) is 1.52. The van der Waals surface area contributed by atoms with Gasteiger partial charge in [0.2, 0.25) is 0 Å². The standard InChI is InChI=1S/C10H8BFO2/c12-8-5-7-3-1-2-4-9(7)10(6-8)11(13)14/h1-6,13-14H. The first kappa shape index (κ1) is 9.18. The zero-order chi connectivity index (χ0) is 10.1. The second kappa shape index (κ2) is 3.40. The lowest BCUT2D eigenvalue weighted by Gasteiger charge is -2.05. The summed E-state index contributed by atoms with van der Waals surface area (Å²) in [5, 5.41) is 19.4. The summed E-state index contributed by atoms with van der Waals surface area (Å²) in [4.78, 5) is 0. The lowest BCUT2D eigenvalue weighted by atomic mass is 9.77. The van der Waals surface area contributed by atoms with Gasteiger partial charge in [-0.1, -0.05) is 24.3 Å². The van der Waals surface area contributed by atoms with Crippen molar-refractivity contribution in [2.45, 2.75) is 0 Å². The van der Waals surface area contributed by atoms with Gasteiger partial charge in [0, 0.05) is 0 Å². The predicted octanol–water partition coefficient (Wildman–Crippen LogP) is 0.659. The van der Waals surface area contributed by atoms with E-state index in [0.29, 0.717) is 10.8 Å². The molecule has 0 atom stereocenters. The van der Waals surface area contributed by atoms with Crippen LogP contribution >= 0.6 is 0 Å². The monoisotopic (exact) mass is 190 g/mol. The van der Waals surface area contributed by atoms with Crippen LogP contribution in [0.5, 0.6) is 0 Å². The summed E-state index contributed by atoms with van der Waals surface area (Å²) >= 11 is 0. The summed E-state index contributed by atoms with van der Waals surface area (Å²) in [5.41, 5.74) is 0.195. The highest BCUT2D eigenvalue weighted by molar-refractivity contribution is 6.61. The van der Waals surface area contributed by atoms with Gasteiger partial charge in [0.15, 0.2) is 0 Å². The molecule has 70 valence electrons. The van der Waals surface area contributed by atoms with Gasteiger partial charge in [-0.05, 0) is 28.4 Å².